The Bertz CT molecular complexity index is 156. The number of hydrogen-bond acceptors (Lipinski definition) is 2. The summed E-state index contributed by atoms with van der Waals surface area (Å²) in [7, 11) is 0. The molecule has 0 unspecified atom stereocenters. The van der Waals surface area contributed by atoms with Gasteiger partial charge in [0.05, 0.1) is 5.75 Å². The fourth-order valence-electron chi connectivity index (χ4n) is 1.54. The number of terminal acetylenes is 1. The van der Waals surface area contributed by atoms with Crippen molar-refractivity contribution in [2.45, 2.75) is 25.8 Å². The van der Waals surface area contributed by atoms with Gasteiger partial charge in [0.25, 0.3) is 0 Å². The Hall–Kier alpha value is -0.130. The molecule has 0 heterocycles. The monoisotopic (exact) mass is 183 g/mol. The lowest BCUT2D eigenvalue weighted by Crippen LogP contribution is -2.41. The minimum absolute atomic E-state index is 0.798. The molecule has 0 aromatic heterocycles. The number of thioether (sulfide) groups is 1. The van der Waals surface area contributed by atoms with E-state index in [4.69, 9.17) is 6.42 Å². The lowest BCUT2D eigenvalue weighted by atomic mass is 9.82. The molecule has 0 bridgehead atoms. The molecule has 68 valence electrons. The molecule has 12 heavy (non-hydrogen) atoms. The van der Waals surface area contributed by atoms with Gasteiger partial charge >= 0.3 is 0 Å². The van der Waals surface area contributed by atoms with Gasteiger partial charge in [0.1, 0.15) is 0 Å². The summed E-state index contributed by atoms with van der Waals surface area (Å²) in [6, 6.07) is 0.798. The van der Waals surface area contributed by atoms with Gasteiger partial charge in [-0.3, -0.25) is 0 Å². The first kappa shape index (κ1) is 9.95. The molecule has 0 aromatic carbocycles. The maximum absolute atomic E-state index is 5.13. The van der Waals surface area contributed by atoms with Crippen molar-refractivity contribution in [2.75, 3.05) is 18.1 Å². The molecule has 0 aromatic rings. The fraction of sp³-hybridized carbons (Fsp3) is 0.800. The van der Waals surface area contributed by atoms with Crippen LogP contribution in [0.1, 0.15) is 19.8 Å². The van der Waals surface area contributed by atoms with E-state index in [1.165, 1.54) is 12.8 Å². The zero-order chi connectivity index (χ0) is 8.81. The van der Waals surface area contributed by atoms with E-state index < -0.39 is 0 Å². The van der Waals surface area contributed by atoms with Crippen molar-refractivity contribution >= 4 is 11.8 Å². The van der Waals surface area contributed by atoms with Crippen LogP contribution in [0.25, 0.3) is 0 Å². The minimum Gasteiger partial charge on any atom is -0.313 e. The van der Waals surface area contributed by atoms with Crippen molar-refractivity contribution in [3.05, 3.63) is 0 Å². The molecule has 1 N–H and O–H groups in total. The van der Waals surface area contributed by atoms with Crippen LogP contribution in [0.2, 0.25) is 0 Å². The van der Waals surface area contributed by atoms with E-state index in [1.807, 2.05) is 11.8 Å². The molecule has 1 nitrogen and oxygen atoms in total. The quantitative estimate of drug-likeness (QED) is 0.515. The van der Waals surface area contributed by atoms with E-state index >= 15 is 0 Å². The summed E-state index contributed by atoms with van der Waals surface area (Å²) in [6.07, 6.45) is 7.86. The summed E-state index contributed by atoms with van der Waals surface area (Å²) in [5.74, 6) is 5.57. The van der Waals surface area contributed by atoms with Gasteiger partial charge in [-0.1, -0.05) is 12.8 Å². The highest BCUT2D eigenvalue weighted by molar-refractivity contribution is 7.99. The summed E-state index contributed by atoms with van der Waals surface area (Å²) < 4.78 is 0. The smallest absolute Gasteiger partial charge is 0.0545 e. The summed E-state index contributed by atoms with van der Waals surface area (Å²) in [5, 5.41) is 3.52. The zero-order valence-electron chi connectivity index (χ0n) is 7.68. The van der Waals surface area contributed by atoms with Gasteiger partial charge in [-0.05, 0) is 18.8 Å². The Labute approximate surface area is 79.7 Å². The van der Waals surface area contributed by atoms with Crippen molar-refractivity contribution in [3.8, 4) is 12.3 Å². The van der Waals surface area contributed by atoms with E-state index in [2.05, 4.69) is 18.2 Å². The highest BCUT2D eigenvalue weighted by atomic mass is 32.2. The largest absolute Gasteiger partial charge is 0.313 e. The van der Waals surface area contributed by atoms with Crippen molar-refractivity contribution in [3.63, 3.8) is 0 Å². The average Bonchev–Trinajstić information content (AvgIpc) is 2.00. The first-order chi connectivity index (χ1) is 5.83. The van der Waals surface area contributed by atoms with E-state index in [-0.39, 0.29) is 0 Å². The second-order valence-corrected chi connectivity index (χ2v) is 4.59. The molecule has 0 atom stereocenters. The van der Waals surface area contributed by atoms with Gasteiger partial charge in [0, 0.05) is 18.3 Å². The van der Waals surface area contributed by atoms with Crippen molar-refractivity contribution in [1.82, 2.24) is 5.32 Å². The van der Waals surface area contributed by atoms with Gasteiger partial charge in [0.2, 0.25) is 0 Å². The van der Waals surface area contributed by atoms with E-state index in [0.717, 1.165) is 30.0 Å². The second-order valence-electron chi connectivity index (χ2n) is 3.48. The summed E-state index contributed by atoms with van der Waals surface area (Å²) >= 11 is 1.83. The van der Waals surface area contributed by atoms with E-state index in [9.17, 15) is 0 Å². The molecule has 0 spiro atoms. The number of rotatable bonds is 5. The van der Waals surface area contributed by atoms with Crippen molar-refractivity contribution in [2.24, 2.45) is 5.92 Å². The topological polar surface area (TPSA) is 12.0 Å². The maximum Gasteiger partial charge on any atom is 0.0545 e. The number of hydrogen-bond donors (Lipinski definition) is 1. The molecule has 2 heteroatoms. The predicted molar refractivity (Wildman–Crippen MR) is 56.3 cm³/mol. The predicted octanol–water partition coefficient (Wildman–Crippen LogP) is 1.74. The van der Waals surface area contributed by atoms with Crippen LogP contribution in [0, 0.1) is 18.3 Å². The molecule has 0 amide bonds. The highest BCUT2D eigenvalue weighted by Gasteiger charge is 2.23. The third kappa shape index (κ3) is 3.51. The van der Waals surface area contributed by atoms with Crippen LogP contribution in [-0.2, 0) is 0 Å². The third-order valence-corrected chi connectivity index (χ3v) is 3.10. The van der Waals surface area contributed by atoms with Crippen molar-refractivity contribution in [1.29, 1.82) is 0 Å². The van der Waals surface area contributed by atoms with E-state index in [1.54, 1.807) is 0 Å². The lowest BCUT2D eigenvalue weighted by Gasteiger charge is -2.33. The van der Waals surface area contributed by atoms with Gasteiger partial charge in [-0.2, -0.15) is 0 Å². The standard InChI is InChI=1S/C10H17NS/c1-3-5-12-6-4-11-10-7-9(2)8-10/h1,9-11H,4-8H2,2H3. The molecule has 0 saturated heterocycles. The Kier molecular flexibility index (Phi) is 4.57. The Morgan fingerprint density at radius 2 is 2.33 bits per heavy atom. The van der Waals surface area contributed by atoms with E-state index in [0.29, 0.717) is 0 Å². The van der Waals surface area contributed by atoms with Crippen LogP contribution in [0.4, 0.5) is 0 Å². The van der Waals surface area contributed by atoms with Crippen LogP contribution in [0.15, 0.2) is 0 Å². The summed E-state index contributed by atoms with van der Waals surface area (Å²) in [4.78, 5) is 0. The van der Waals surface area contributed by atoms with Crippen LogP contribution in [-0.4, -0.2) is 24.1 Å². The molecule has 0 aliphatic heterocycles. The first-order valence-corrected chi connectivity index (χ1v) is 5.73. The molecule has 0 radical (unpaired) electrons. The normalized spacial score (nSPS) is 27.7. The molecule has 1 rings (SSSR count). The Morgan fingerprint density at radius 1 is 1.58 bits per heavy atom. The summed E-state index contributed by atoms with van der Waals surface area (Å²) in [5.41, 5.74) is 0. The highest BCUT2D eigenvalue weighted by Crippen LogP contribution is 2.25. The third-order valence-electron chi connectivity index (χ3n) is 2.24. The maximum atomic E-state index is 5.13. The van der Waals surface area contributed by atoms with Crippen LogP contribution in [0.3, 0.4) is 0 Å². The van der Waals surface area contributed by atoms with Gasteiger partial charge in [0.15, 0.2) is 0 Å². The van der Waals surface area contributed by atoms with Crippen LogP contribution in [0.5, 0.6) is 0 Å². The number of nitrogens with one attached hydrogen (secondary N) is 1. The Morgan fingerprint density at radius 3 is 2.92 bits per heavy atom. The van der Waals surface area contributed by atoms with Crippen molar-refractivity contribution < 1.29 is 0 Å². The van der Waals surface area contributed by atoms with Gasteiger partial charge in [-0.25, -0.2) is 0 Å². The average molecular weight is 183 g/mol. The van der Waals surface area contributed by atoms with Crippen LogP contribution < -0.4 is 5.32 Å². The fourth-order valence-corrected chi connectivity index (χ4v) is 2.06. The molecular formula is C10H17NS. The van der Waals surface area contributed by atoms with Gasteiger partial charge in [-0.15, -0.1) is 18.2 Å². The molecule has 1 aliphatic rings. The summed E-state index contributed by atoms with van der Waals surface area (Å²) in [6.45, 7) is 3.43. The molecule has 1 aliphatic carbocycles. The second kappa shape index (κ2) is 5.50. The Balaban J connectivity index is 1.81. The lowest BCUT2D eigenvalue weighted by molar-refractivity contribution is 0.246. The SMILES string of the molecule is C#CCSCCNC1CC(C)C1. The molecule has 1 fully saturated rings. The van der Waals surface area contributed by atoms with Crippen LogP contribution >= 0.6 is 11.8 Å². The zero-order valence-corrected chi connectivity index (χ0v) is 8.49. The first-order valence-electron chi connectivity index (χ1n) is 4.57. The molecular weight excluding hydrogens is 166 g/mol. The minimum atomic E-state index is 0.798. The van der Waals surface area contributed by atoms with Gasteiger partial charge < -0.3 is 5.32 Å². The molecule has 1 saturated carbocycles.